The van der Waals surface area contributed by atoms with E-state index < -0.39 is 11.5 Å². The molecule has 3 rings (SSSR count). The first-order valence-electron chi connectivity index (χ1n) is 7.80. The number of guanidine groups is 1. The Labute approximate surface area is 120 Å². The molecule has 20 heavy (non-hydrogen) atoms. The smallest absolute Gasteiger partial charge is 0.246 e. The molecule has 2 aliphatic heterocycles. The fraction of sp³-hybridized carbons (Fsp3) is 0.800. The number of nitriles is 1. The van der Waals surface area contributed by atoms with Gasteiger partial charge in [-0.2, -0.15) is 5.26 Å². The molecule has 1 saturated carbocycles. The van der Waals surface area contributed by atoms with Crippen LogP contribution in [0.4, 0.5) is 0 Å². The third-order valence-electron chi connectivity index (χ3n) is 4.87. The maximum absolute atomic E-state index is 12.3. The molecule has 0 aromatic carbocycles. The van der Waals surface area contributed by atoms with Crippen LogP contribution in [0.15, 0.2) is 4.99 Å². The van der Waals surface area contributed by atoms with Crippen LogP contribution in [0.2, 0.25) is 0 Å². The van der Waals surface area contributed by atoms with Gasteiger partial charge in [0, 0.05) is 13.1 Å². The Hall–Kier alpha value is -1.57. The SMILES string of the molecule is N#CC1C(=O)NC(N2CCCCC2)=NC12CCCCC2. The van der Waals surface area contributed by atoms with Gasteiger partial charge in [-0.15, -0.1) is 0 Å². The van der Waals surface area contributed by atoms with E-state index in [1.165, 1.54) is 12.8 Å². The highest BCUT2D eigenvalue weighted by Gasteiger charge is 2.48. The van der Waals surface area contributed by atoms with Crippen molar-refractivity contribution in [2.24, 2.45) is 10.9 Å². The molecule has 1 amide bonds. The van der Waals surface area contributed by atoms with E-state index in [-0.39, 0.29) is 5.91 Å². The molecular weight excluding hydrogens is 252 g/mol. The molecular formula is C15H22N4O. The molecule has 0 aromatic heterocycles. The molecule has 2 fully saturated rings. The van der Waals surface area contributed by atoms with Crippen LogP contribution in [0.3, 0.4) is 0 Å². The van der Waals surface area contributed by atoms with E-state index >= 15 is 0 Å². The number of hydrogen-bond donors (Lipinski definition) is 1. The molecule has 1 unspecified atom stereocenters. The number of hydrogen-bond acceptors (Lipinski definition) is 4. The average Bonchev–Trinajstić information content (AvgIpc) is 2.49. The first kappa shape index (κ1) is 13.4. The number of carbonyl (C=O) groups is 1. The zero-order valence-corrected chi connectivity index (χ0v) is 11.9. The van der Waals surface area contributed by atoms with Crippen LogP contribution in [0.5, 0.6) is 0 Å². The molecule has 3 aliphatic rings. The molecule has 1 atom stereocenters. The molecule has 1 saturated heterocycles. The van der Waals surface area contributed by atoms with Crippen LogP contribution in [0, 0.1) is 17.2 Å². The lowest BCUT2D eigenvalue weighted by molar-refractivity contribution is -0.125. The Morgan fingerprint density at radius 3 is 2.45 bits per heavy atom. The Kier molecular flexibility index (Phi) is 3.64. The Morgan fingerprint density at radius 1 is 1.15 bits per heavy atom. The van der Waals surface area contributed by atoms with Crippen LogP contribution in [-0.4, -0.2) is 35.4 Å². The summed E-state index contributed by atoms with van der Waals surface area (Å²) < 4.78 is 0. The van der Waals surface area contributed by atoms with E-state index in [1.807, 2.05) is 0 Å². The highest BCUT2D eigenvalue weighted by Crippen LogP contribution is 2.40. The summed E-state index contributed by atoms with van der Waals surface area (Å²) in [6.45, 7) is 1.93. The molecule has 0 radical (unpaired) electrons. The molecule has 2 heterocycles. The number of rotatable bonds is 0. The number of nitrogens with one attached hydrogen (secondary N) is 1. The summed E-state index contributed by atoms with van der Waals surface area (Å²) in [5.41, 5.74) is -0.456. The van der Waals surface area contributed by atoms with Crippen molar-refractivity contribution in [3.8, 4) is 6.07 Å². The van der Waals surface area contributed by atoms with Crippen molar-refractivity contribution in [1.82, 2.24) is 10.2 Å². The fourth-order valence-corrected chi connectivity index (χ4v) is 3.73. The van der Waals surface area contributed by atoms with Crippen molar-refractivity contribution >= 4 is 11.9 Å². The summed E-state index contributed by atoms with van der Waals surface area (Å²) in [5.74, 6) is -0.0376. The average molecular weight is 274 g/mol. The molecule has 1 aliphatic carbocycles. The molecule has 5 heteroatoms. The summed E-state index contributed by atoms with van der Waals surface area (Å²) >= 11 is 0. The van der Waals surface area contributed by atoms with Gasteiger partial charge < -0.3 is 4.90 Å². The largest absolute Gasteiger partial charge is 0.343 e. The number of amides is 1. The fourth-order valence-electron chi connectivity index (χ4n) is 3.73. The lowest BCUT2D eigenvalue weighted by Gasteiger charge is -2.42. The minimum absolute atomic E-state index is 0.148. The van der Waals surface area contributed by atoms with Crippen molar-refractivity contribution in [1.29, 1.82) is 5.26 Å². The number of aliphatic imine (C=N–C) groups is 1. The second-order valence-electron chi connectivity index (χ2n) is 6.20. The third kappa shape index (κ3) is 2.28. The van der Waals surface area contributed by atoms with Crippen molar-refractivity contribution in [3.05, 3.63) is 0 Å². The zero-order chi connectivity index (χ0) is 14.0. The van der Waals surface area contributed by atoms with Crippen LogP contribution in [0.1, 0.15) is 51.4 Å². The van der Waals surface area contributed by atoms with Crippen molar-refractivity contribution in [2.75, 3.05) is 13.1 Å². The summed E-state index contributed by atoms with van der Waals surface area (Å²) in [6.07, 6.45) is 8.64. The van der Waals surface area contributed by atoms with E-state index in [2.05, 4.69) is 16.3 Å². The second kappa shape index (κ2) is 5.43. The van der Waals surface area contributed by atoms with Gasteiger partial charge in [-0.3, -0.25) is 10.1 Å². The van der Waals surface area contributed by atoms with E-state index in [1.54, 1.807) is 0 Å². The summed E-state index contributed by atoms with van der Waals surface area (Å²) in [5, 5.41) is 12.3. The van der Waals surface area contributed by atoms with Crippen LogP contribution in [-0.2, 0) is 4.79 Å². The number of nitrogens with zero attached hydrogens (tertiary/aromatic N) is 3. The maximum atomic E-state index is 12.3. The second-order valence-corrected chi connectivity index (χ2v) is 6.20. The third-order valence-corrected chi connectivity index (χ3v) is 4.87. The Bertz CT molecular complexity index is 453. The minimum Gasteiger partial charge on any atom is -0.343 e. The van der Waals surface area contributed by atoms with Crippen molar-refractivity contribution in [2.45, 2.75) is 56.9 Å². The molecule has 5 nitrogen and oxygen atoms in total. The van der Waals surface area contributed by atoms with Gasteiger partial charge in [0.2, 0.25) is 11.9 Å². The first-order valence-corrected chi connectivity index (χ1v) is 7.80. The van der Waals surface area contributed by atoms with E-state index in [0.717, 1.165) is 57.6 Å². The van der Waals surface area contributed by atoms with Gasteiger partial charge in [0.15, 0.2) is 5.92 Å². The van der Waals surface area contributed by atoms with E-state index in [0.29, 0.717) is 0 Å². The Balaban J connectivity index is 1.91. The van der Waals surface area contributed by atoms with Gasteiger partial charge in [0.05, 0.1) is 11.6 Å². The maximum Gasteiger partial charge on any atom is 0.246 e. The van der Waals surface area contributed by atoms with Gasteiger partial charge in [-0.05, 0) is 32.1 Å². The summed E-state index contributed by atoms with van der Waals surface area (Å²) in [6, 6.07) is 2.20. The van der Waals surface area contributed by atoms with Crippen LogP contribution in [0.25, 0.3) is 0 Å². The van der Waals surface area contributed by atoms with Gasteiger partial charge in [-0.1, -0.05) is 19.3 Å². The number of carbonyl (C=O) groups excluding carboxylic acids is 1. The zero-order valence-electron chi connectivity index (χ0n) is 11.9. The normalized spacial score (nSPS) is 29.6. The molecule has 1 spiro atoms. The molecule has 0 aromatic rings. The highest BCUT2D eigenvalue weighted by atomic mass is 16.2. The van der Waals surface area contributed by atoms with E-state index in [4.69, 9.17) is 4.99 Å². The Morgan fingerprint density at radius 2 is 1.80 bits per heavy atom. The lowest BCUT2D eigenvalue weighted by Crippen LogP contribution is -2.58. The van der Waals surface area contributed by atoms with Crippen molar-refractivity contribution in [3.63, 3.8) is 0 Å². The summed E-state index contributed by atoms with van der Waals surface area (Å²) in [7, 11) is 0. The monoisotopic (exact) mass is 274 g/mol. The van der Waals surface area contributed by atoms with Crippen LogP contribution >= 0.6 is 0 Å². The number of piperidine rings is 1. The standard InChI is InChI=1S/C15H22N4O/c16-11-12-13(20)17-14(19-9-5-2-6-10-19)18-15(12)7-3-1-4-8-15/h12H,1-10H2,(H,17,18,20). The van der Waals surface area contributed by atoms with Gasteiger partial charge >= 0.3 is 0 Å². The van der Waals surface area contributed by atoms with Gasteiger partial charge in [-0.25, -0.2) is 4.99 Å². The number of likely N-dealkylation sites (tertiary alicyclic amines) is 1. The van der Waals surface area contributed by atoms with E-state index in [9.17, 15) is 10.1 Å². The molecule has 1 N–H and O–H groups in total. The van der Waals surface area contributed by atoms with Gasteiger partial charge in [0.1, 0.15) is 0 Å². The minimum atomic E-state index is -0.614. The highest BCUT2D eigenvalue weighted by molar-refractivity contribution is 6.02. The molecule has 0 bridgehead atoms. The first-order chi connectivity index (χ1) is 9.75. The predicted octanol–water partition coefficient (Wildman–Crippen LogP) is 1.80. The predicted molar refractivity (Wildman–Crippen MR) is 75.9 cm³/mol. The summed E-state index contributed by atoms with van der Waals surface area (Å²) in [4.78, 5) is 19.4. The lowest BCUT2D eigenvalue weighted by atomic mass is 9.72. The van der Waals surface area contributed by atoms with Gasteiger partial charge in [0.25, 0.3) is 0 Å². The quantitative estimate of drug-likeness (QED) is 0.732. The topological polar surface area (TPSA) is 68.5 Å². The molecule has 108 valence electrons. The van der Waals surface area contributed by atoms with Crippen molar-refractivity contribution < 1.29 is 4.79 Å². The van der Waals surface area contributed by atoms with Crippen LogP contribution < -0.4 is 5.32 Å².